The number of aryl methyl sites for hydroxylation is 1. The minimum Gasteiger partial charge on any atom is -0.367 e. The Morgan fingerprint density at radius 3 is 3.07 bits per heavy atom. The van der Waals surface area contributed by atoms with Gasteiger partial charge in [0.15, 0.2) is 5.15 Å². The highest BCUT2D eigenvalue weighted by molar-refractivity contribution is 6.29. The van der Waals surface area contributed by atoms with E-state index in [2.05, 4.69) is 17.3 Å². The van der Waals surface area contributed by atoms with Crippen molar-refractivity contribution in [2.75, 3.05) is 5.32 Å². The quantitative estimate of drug-likeness (QED) is 0.854. The van der Waals surface area contributed by atoms with Crippen molar-refractivity contribution in [1.29, 1.82) is 0 Å². The molecular weight excluding hydrogens is 214 g/mol. The molecule has 1 N–H and O–H groups in total. The molecule has 0 aliphatic heterocycles. The smallest absolute Gasteiger partial charge is 0.221 e. The first-order valence-electron chi connectivity index (χ1n) is 5.12. The van der Waals surface area contributed by atoms with Gasteiger partial charge in [-0.25, -0.2) is 0 Å². The number of halogens is 1. The van der Waals surface area contributed by atoms with Crippen LogP contribution in [0.2, 0.25) is 5.15 Å². The Morgan fingerprint density at radius 1 is 1.73 bits per heavy atom. The van der Waals surface area contributed by atoms with Crippen LogP contribution in [0.5, 0.6) is 0 Å². The standard InChI is InChI=1S/C10H14ClN3O/c1-3-6-4-7(6)12-9-5-8(15)10(11)13-14(9)2/h5-7,12H,3-4H2,1-2H3. The second-order valence-corrected chi connectivity index (χ2v) is 4.32. The van der Waals surface area contributed by atoms with Gasteiger partial charge in [0.05, 0.1) is 0 Å². The number of nitrogens with one attached hydrogen (secondary N) is 1. The topological polar surface area (TPSA) is 46.9 Å². The predicted molar refractivity (Wildman–Crippen MR) is 60.3 cm³/mol. The van der Waals surface area contributed by atoms with Crippen molar-refractivity contribution in [3.8, 4) is 0 Å². The number of hydrogen-bond acceptors (Lipinski definition) is 3. The van der Waals surface area contributed by atoms with Gasteiger partial charge in [-0.1, -0.05) is 24.9 Å². The first-order chi connectivity index (χ1) is 7.11. The zero-order valence-electron chi connectivity index (χ0n) is 8.83. The highest BCUT2D eigenvalue weighted by Gasteiger charge is 2.35. The molecule has 1 aliphatic carbocycles. The van der Waals surface area contributed by atoms with Gasteiger partial charge in [0.1, 0.15) is 5.82 Å². The summed E-state index contributed by atoms with van der Waals surface area (Å²) in [5.74, 6) is 1.47. The van der Waals surface area contributed by atoms with Gasteiger partial charge in [0.2, 0.25) is 5.43 Å². The molecule has 1 heterocycles. The van der Waals surface area contributed by atoms with Crippen LogP contribution in [0.3, 0.4) is 0 Å². The van der Waals surface area contributed by atoms with E-state index in [-0.39, 0.29) is 10.6 Å². The van der Waals surface area contributed by atoms with E-state index < -0.39 is 0 Å². The molecule has 0 bridgehead atoms. The SMILES string of the molecule is CCC1CC1Nc1cc(=O)c(Cl)nn1C. The summed E-state index contributed by atoms with van der Waals surface area (Å²) in [5, 5.41) is 7.23. The van der Waals surface area contributed by atoms with E-state index in [9.17, 15) is 4.79 Å². The molecular formula is C10H14ClN3O. The summed E-state index contributed by atoms with van der Waals surface area (Å²) in [6.45, 7) is 2.17. The van der Waals surface area contributed by atoms with Gasteiger partial charge in [-0.15, -0.1) is 0 Å². The molecule has 1 fully saturated rings. The van der Waals surface area contributed by atoms with Gasteiger partial charge >= 0.3 is 0 Å². The first kappa shape index (κ1) is 10.5. The van der Waals surface area contributed by atoms with E-state index in [0.29, 0.717) is 6.04 Å². The van der Waals surface area contributed by atoms with Crippen LogP contribution in [0, 0.1) is 5.92 Å². The molecule has 0 aromatic carbocycles. The molecule has 1 aliphatic rings. The van der Waals surface area contributed by atoms with E-state index in [0.717, 1.165) is 11.7 Å². The highest BCUT2D eigenvalue weighted by Crippen LogP contribution is 2.35. The van der Waals surface area contributed by atoms with Crippen molar-refractivity contribution in [2.24, 2.45) is 13.0 Å². The first-order valence-corrected chi connectivity index (χ1v) is 5.50. The number of hydrogen-bond donors (Lipinski definition) is 1. The molecule has 82 valence electrons. The molecule has 1 saturated carbocycles. The maximum atomic E-state index is 11.3. The lowest BCUT2D eigenvalue weighted by molar-refractivity contribution is 0.723. The fraction of sp³-hybridized carbons (Fsp3) is 0.600. The van der Waals surface area contributed by atoms with Gasteiger partial charge in [-0.2, -0.15) is 5.10 Å². The third-order valence-corrected chi connectivity index (χ3v) is 3.10. The highest BCUT2D eigenvalue weighted by atomic mass is 35.5. The van der Waals surface area contributed by atoms with Crippen molar-refractivity contribution >= 4 is 17.4 Å². The number of anilines is 1. The van der Waals surface area contributed by atoms with Crippen LogP contribution < -0.4 is 10.7 Å². The fourth-order valence-electron chi connectivity index (χ4n) is 1.71. The van der Waals surface area contributed by atoms with Gasteiger partial charge in [0.25, 0.3) is 0 Å². The maximum absolute atomic E-state index is 11.3. The average Bonchev–Trinajstić information content (AvgIpc) is 2.93. The van der Waals surface area contributed by atoms with E-state index in [1.54, 1.807) is 11.7 Å². The summed E-state index contributed by atoms with van der Waals surface area (Å²) >= 11 is 5.62. The van der Waals surface area contributed by atoms with Crippen LogP contribution >= 0.6 is 11.6 Å². The van der Waals surface area contributed by atoms with Crippen molar-refractivity contribution in [3.05, 3.63) is 21.4 Å². The molecule has 15 heavy (non-hydrogen) atoms. The van der Waals surface area contributed by atoms with Crippen molar-refractivity contribution in [3.63, 3.8) is 0 Å². The number of aromatic nitrogens is 2. The van der Waals surface area contributed by atoms with Crippen LogP contribution in [0.4, 0.5) is 5.82 Å². The Balaban J connectivity index is 2.15. The molecule has 0 spiro atoms. The van der Waals surface area contributed by atoms with E-state index in [1.807, 2.05) is 0 Å². The van der Waals surface area contributed by atoms with Crippen molar-refractivity contribution < 1.29 is 0 Å². The summed E-state index contributed by atoms with van der Waals surface area (Å²) in [6, 6.07) is 1.99. The molecule has 0 radical (unpaired) electrons. The summed E-state index contributed by atoms with van der Waals surface area (Å²) in [7, 11) is 1.77. The van der Waals surface area contributed by atoms with Crippen LogP contribution in [0.1, 0.15) is 19.8 Å². The second-order valence-electron chi connectivity index (χ2n) is 3.96. The van der Waals surface area contributed by atoms with Gasteiger partial charge in [0, 0.05) is 19.2 Å². The van der Waals surface area contributed by atoms with Gasteiger partial charge in [-0.05, 0) is 12.3 Å². The summed E-state index contributed by atoms with van der Waals surface area (Å²) in [4.78, 5) is 11.3. The van der Waals surface area contributed by atoms with E-state index in [4.69, 9.17) is 11.6 Å². The van der Waals surface area contributed by atoms with Gasteiger partial charge in [-0.3, -0.25) is 9.48 Å². The van der Waals surface area contributed by atoms with Gasteiger partial charge < -0.3 is 5.32 Å². The molecule has 1 aromatic heterocycles. The van der Waals surface area contributed by atoms with Crippen molar-refractivity contribution in [2.45, 2.75) is 25.8 Å². The molecule has 0 saturated heterocycles. The Morgan fingerprint density at radius 2 is 2.47 bits per heavy atom. The van der Waals surface area contributed by atoms with Crippen molar-refractivity contribution in [1.82, 2.24) is 9.78 Å². The minimum absolute atomic E-state index is 0.0193. The molecule has 5 heteroatoms. The van der Waals surface area contributed by atoms with E-state index >= 15 is 0 Å². The minimum atomic E-state index is -0.231. The lowest BCUT2D eigenvalue weighted by Gasteiger charge is -2.09. The number of nitrogens with zero attached hydrogens (tertiary/aromatic N) is 2. The third-order valence-electron chi connectivity index (χ3n) is 2.84. The zero-order valence-corrected chi connectivity index (χ0v) is 9.58. The normalized spacial score (nSPS) is 23.9. The van der Waals surface area contributed by atoms with Crippen LogP contribution in [-0.2, 0) is 7.05 Å². The Hall–Kier alpha value is -1.03. The van der Waals surface area contributed by atoms with Crippen LogP contribution in [0.15, 0.2) is 10.9 Å². The predicted octanol–water partition coefficient (Wildman–Crippen LogP) is 1.64. The lowest BCUT2D eigenvalue weighted by atomic mass is 10.3. The fourth-order valence-corrected chi connectivity index (χ4v) is 1.88. The maximum Gasteiger partial charge on any atom is 0.221 e. The Bertz CT molecular complexity index is 429. The molecule has 2 unspecified atom stereocenters. The third kappa shape index (κ3) is 2.15. The van der Waals surface area contributed by atoms with E-state index in [1.165, 1.54) is 18.9 Å². The Labute approximate surface area is 93.2 Å². The summed E-state index contributed by atoms with van der Waals surface area (Å²) in [5.41, 5.74) is -0.231. The molecule has 4 nitrogen and oxygen atoms in total. The zero-order chi connectivity index (χ0) is 11.0. The number of rotatable bonds is 3. The molecule has 2 rings (SSSR count). The molecule has 0 amide bonds. The average molecular weight is 228 g/mol. The second kappa shape index (κ2) is 3.85. The van der Waals surface area contributed by atoms with Crippen LogP contribution in [0.25, 0.3) is 0 Å². The largest absolute Gasteiger partial charge is 0.367 e. The lowest BCUT2D eigenvalue weighted by Crippen LogP contribution is -2.17. The molecule has 2 atom stereocenters. The summed E-state index contributed by atoms with van der Waals surface area (Å²) in [6.07, 6.45) is 2.35. The molecule has 1 aromatic rings. The van der Waals surface area contributed by atoms with Crippen LogP contribution in [-0.4, -0.2) is 15.8 Å². The monoisotopic (exact) mass is 227 g/mol. The summed E-state index contributed by atoms with van der Waals surface area (Å²) < 4.78 is 1.61. The Kier molecular flexibility index (Phi) is 2.69.